The van der Waals surface area contributed by atoms with Gasteiger partial charge in [-0.15, -0.1) is 0 Å². The largest absolute Gasteiger partial charge is 0.461 e. The van der Waals surface area contributed by atoms with Gasteiger partial charge in [0.1, 0.15) is 23.2 Å². The van der Waals surface area contributed by atoms with Crippen LogP contribution in [0.1, 0.15) is 49.9 Å². The SMILES string of the molecule is CC(=O)Nc1ccc(S(=O)NCC(CC(Cc2ccccc2)C(=O)NC2c3ccccc3CC2OC(C)=O)OC(C)=O)cc1. The molecule has 11 heteroatoms. The molecule has 3 aromatic rings. The molecule has 3 N–H and O–H groups in total. The van der Waals surface area contributed by atoms with Crippen LogP contribution >= 0.6 is 0 Å². The molecule has 0 fully saturated rings. The molecule has 0 saturated carbocycles. The zero-order valence-corrected chi connectivity index (χ0v) is 25.7. The Bertz CT molecular complexity index is 1500. The lowest BCUT2D eigenvalue weighted by atomic mass is 9.92. The Morgan fingerprint density at radius 2 is 1.57 bits per heavy atom. The maximum absolute atomic E-state index is 13.9. The second kappa shape index (κ2) is 15.4. The minimum Gasteiger partial charge on any atom is -0.461 e. The highest BCUT2D eigenvalue weighted by Gasteiger charge is 2.37. The van der Waals surface area contributed by atoms with Crippen LogP contribution in [0.25, 0.3) is 0 Å². The number of hydrogen-bond acceptors (Lipinski definition) is 7. The number of carbonyl (C=O) groups excluding carboxylic acids is 4. The molecule has 0 spiro atoms. The van der Waals surface area contributed by atoms with Gasteiger partial charge in [0.05, 0.1) is 10.9 Å². The fraction of sp³-hybridized carbons (Fsp3) is 0.333. The third-order valence-electron chi connectivity index (χ3n) is 7.20. The summed E-state index contributed by atoms with van der Waals surface area (Å²) in [4.78, 5) is 49.6. The Morgan fingerprint density at radius 1 is 0.886 bits per heavy atom. The quantitative estimate of drug-likeness (QED) is 0.248. The van der Waals surface area contributed by atoms with E-state index in [9.17, 15) is 23.4 Å². The van der Waals surface area contributed by atoms with Crippen molar-refractivity contribution in [1.82, 2.24) is 10.0 Å². The van der Waals surface area contributed by atoms with Crippen molar-refractivity contribution in [2.24, 2.45) is 5.92 Å². The van der Waals surface area contributed by atoms with E-state index in [4.69, 9.17) is 9.47 Å². The Hall–Kier alpha value is -4.35. The van der Waals surface area contributed by atoms with Crippen molar-refractivity contribution in [3.63, 3.8) is 0 Å². The van der Waals surface area contributed by atoms with Crippen molar-refractivity contribution in [3.05, 3.63) is 95.6 Å². The van der Waals surface area contributed by atoms with Crippen LogP contribution in [-0.2, 0) is 52.5 Å². The Kier molecular flexibility index (Phi) is 11.4. The molecule has 1 aliphatic rings. The van der Waals surface area contributed by atoms with Crippen molar-refractivity contribution in [2.75, 3.05) is 11.9 Å². The van der Waals surface area contributed by atoms with Crippen LogP contribution in [-0.4, -0.2) is 46.7 Å². The van der Waals surface area contributed by atoms with Gasteiger partial charge in [-0.1, -0.05) is 54.6 Å². The van der Waals surface area contributed by atoms with Gasteiger partial charge in [-0.25, -0.2) is 8.93 Å². The summed E-state index contributed by atoms with van der Waals surface area (Å²) in [5, 5.41) is 5.77. The lowest BCUT2D eigenvalue weighted by Gasteiger charge is -2.27. The molecular formula is C33H37N3O7S. The standard InChI is InChI=1S/C33H37N3O7S/c1-21(37)35-27-13-15-29(16-14-27)44(41)34-20-28(42-22(2)38)18-26(17-24-9-5-4-6-10-24)33(40)36-32-30-12-8-7-11-25(30)19-31(32)43-23(3)39/h4-16,26,28,31-32,34H,17-20H2,1-3H3,(H,35,37)(H,36,40). The van der Waals surface area contributed by atoms with Gasteiger partial charge in [-0.2, -0.15) is 0 Å². The number of benzene rings is 3. The number of hydrogen-bond donors (Lipinski definition) is 3. The van der Waals surface area contributed by atoms with Gasteiger partial charge in [0.25, 0.3) is 0 Å². The molecule has 44 heavy (non-hydrogen) atoms. The summed E-state index contributed by atoms with van der Waals surface area (Å²) in [7, 11) is -1.65. The predicted molar refractivity (Wildman–Crippen MR) is 166 cm³/mol. The molecule has 0 heterocycles. The number of amides is 2. The molecule has 0 aromatic heterocycles. The van der Waals surface area contributed by atoms with E-state index in [2.05, 4.69) is 15.4 Å². The van der Waals surface area contributed by atoms with E-state index < -0.39 is 47.1 Å². The monoisotopic (exact) mass is 619 g/mol. The van der Waals surface area contributed by atoms with Crippen LogP contribution in [0.5, 0.6) is 0 Å². The minimum atomic E-state index is -1.65. The molecule has 5 unspecified atom stereocenters. The van der Waals surface area contributed by atoms with E-state index in [0.29, 0.717) is 23.4 Å². The summed E-state index contributed by atoms with van der Waals surface area (Å²) in [6.45, 7) is 4.06. The van der Waals surface area contributed by atoms with Crippen LogP contribution < -0.4 is 15.4 Å². The maximum Gasteiger partial charge on any atom is 0.302 e. The predicted octanol–water partition coefficient (Wildman–Crippen LogP) is 3.78. The molecule has 2 amide bonds. The van der Waals surface area contributed by atoms with E-state index in [0.717, 1.165) is 16.7 Å². The molecule has 10 nitrogen and oxygen atoms in total. The number of anilines is 1. The molecule has 5 atom stereocenters. The number of ether oxygens (including phenoxy) is 2. The minimum absolute atomic E-state index is 0.0283. The third-order valence-corrected chi connectivity index (χ3v) is 8.33. The fourth-order valence-corrected chi connectivity index (χ4v) is 6.23. The molecule has 232 valence electrons. The number of fused-ring (bicyclic) bond motifs is 1. The molecular weight excluding hydrogens is 582 g/mol. The first-order valence-corrected chi connectivity index (χ1v) is 15.5. The fourth-order valence-electron chi connectivity index (χ4n) is 5.35. The van der Waals surface area contributed by atoms with E-state index >= 15 is 0 Å². The highest BCUT2D eigenvalue weighted by Crippen LogP contribution is 2.34. The zero-order valence-electron chi connectivity index (χ0n) is 24.9. The number of rotatable bonds is 13. The van der Waals surface area contributed by atoms with Crippen LogP contribution in [0, 0.1) is 5.92 Å². The lowest BCUT2D eigenvalue weighted by molar-refractivity contribution is -0.149. The molecule has 4 rings (SSSR count). The second-order valence-corrected chi connectivity index (χ2v) is 12.0. The van der Waals surface area contributed by atoms with Crippen molar-refractivity contribution >= 4 is 40.4 Å². The van der Waals surface area contributed by atoms with Gasteiger partial charge in [0.2, 0.25) is 11.8 Å². The molecule has 1 aliphatic carbocycles. The first-order valence-electron chi connectivity index (χ1n) is 14.4. The summed E-state index contributed by atoms with van der Waals surface area (Å²) in [6.07, 6.45) is -0.309. The van der Waals surface area contributed by atoms with Crippen molar-refractivity contribution < 1.29 is 32.9 Å². The number of nitrogens with one attached hydrogen (secondary N) is 3. The molecule has 0 radical (unpaired) electrons. The summed E-state index contributed by atoms with van der Waals surface area (Å²) in [5.74, 6) is -2.07. The van der Waals surface area contributed by atoms with Gasteiger partial charge in [0, 0.05) is 45.3 Å². The Morgan fingerprint density at radius 3 is 2.23 bits per heavy atom. The average molecular weight is 620 g/mol. The summed E-state index contributed by atoms with van der Waals surface area (Å²) in [5.41, 5.74) is 3.39. The summed E-state index contributed by atoms with van der Waals surface area (Å²) >= 11 is 0. The van der Waals surface area contributed by atoms with Gasteiger partial charge < -0.3 is 20.1 Å². The van der Waals surface area contributed by atoms with Crippen LogP contribution in [0.15, 0.2) is 83.8 Å². The van der Waals surface area contributed by atoms with Gasteiger partial charge in [-0.3, -0.25) is 19.2 Å². The number of esters is 2. The Balaban J connectivity index is 1.51. The topological polar surface area (TPSA) is 140 Å². The van der Waals surface area contributed by atoms with E-state index in [1.807, 2.05) is 54.6 Å². The van der Waals surface area contributed by atoms with Crippen LogP contribution in [0.3, 0.4) is 0 Å². The first-order chi connectivity index (χ1) is 21.1. The molecule has 0 bridgehead atoms. The highest BCUT2D eigenvalue weighted by molar-refractivity contribution is 7.83. The van der Waals surface area contributed by atoms with Gasteiger partial charge >= 0.3 is 11.9 Å². The van der Waals surface area contributed by atoms with Crippen molar-refractivity contribution in [2.45, 2.75) is 63.2 Å². The van der Waals surface area contributed by atoms with E-state index in [-0.39, 0.29) is 24.8 Å². The Labute approximate surface area is 259 Å². The molecule has 3 aromatic carbocycles. The summed E-state index contributed by atoms with van der Waals surface area (Å²) in [6, 6.07) is 23.2. The van der Waals surface area contributed by atoms with Crippen LogP contribution in [0.4, 0.5) is 5.69 Å². The smallest absolute Gasteiger partial charge is 0.302 e. The average Bonchev–Trinajstić information content (AvgIpc) is 3.31. The van der Waals surface area contributed by atoms with Crippen molar-refractivity contribution in [1.29, 1.82) is 0 Å². The molecule has 0 aliphatic heterocycles. The third kappa shape index (κ3) is 9.32. The first kappa shape index (κ1) is 32.6. The van der Waals surface area contributed by atoms with Crippen molar-refractivity contribution in [3.8, 4) is 0 Å². The lowest BCUT2D eigenvalue weighted by Crippen LogP contribution is -2.42. The van der Waals surface area contributed by atoms with Gasteiger partial charge in [0.15, 0.2) is 0 Å². The normalized spacial score (nSPS) is 17.4. The van der Waals surface area contributed by atoms with Crippen LogP contribution in [0.2, 0.25) is 0 Å². The van der Waals surface area contributed by atoms with E-state index in [1.165, 1.54) is 20.8 Å². The second-order valence-electron chi connectivity index (χ2n) is 10.7. The van der Waals surface area contributed by atoms with Gasteiger partial charge in [-0.05, 0) is 53.8 Å². The molecule has 0 saturated heterocycles. The zero-order chi connectivity index (χ0) is 31.6. The highest BCUT2D eigenvalue weighted by atomic mass is 32.2. The van der Waals surface area contributed by atoms with E-state index in [1.54, 1.807) is 24.3 Å². The maximum atomic E-state index is 13.9. The number of carbonyl (C=O) groups is 4. The summed E-state index contributed by atoms with van der Waals surface area (Å²) < 4.78 is 27.1.